The monoisotopic (exact) mass is 269 g/mol. The van der Waals surface area contributed by atoms with Crippen molar-refractivity contribution in [2.45, 2.75) is 0 Å². The number of nitrogens with zero attached hydrogens (tertiary/aromatic N) is 1. The van der Waals surface area contributed by atoms with Gasteiger partial charge in [-0.05, 0) is 18.2 Å². The van der Waals surface area contributed by atoms with Crippen LogP contribution in [0.2, 0.25) is 0 Å². The summed E-state index contributed by atoms with van der Waals surface area (Å²) in [6, 6.07) is 12.6. The molecule has 0 aliphatic rings. The Labute approximate surface area is 117 Å². The third kappa shape index (κ3) is 2.93. The van der Waals surface area contributed by atoms with E-state index in [4.69, 9.17) is 20.5 Å². The normalized spacial score (nSPS) is 9.65. The van der Waals surface area contributed by atoms with Crippen molar-refractivity contribution in [2.75, 3.05) is 25.3 Å². The quantitative estimate of drug-likeness (QED) is 0.834. The zero-order valence-electron chi connectivity index (χ0n) is 11.3. The fraction of sp³-hybridized carbons (Fsp3) is 0.133. The third-order valence-corrected chi connectivity index (χ3v) is 2.81. The molecule has 0 aromatic heterocycles. The third-order valence-electron chi connectivity index (χ3n) is 2.81. The standard InChI is InChI=1S/C15H15N3O2/c1-19-12-6-11(7-13(8-12)20-2)18-15-4-3-10(9-16)5-14(15)17/h3-8,18H,17H2,1-2H3. The first-order chi connectivity index (χ1) is 9.66. The number of hydrogen-bond donors (Lipinski definition) is 2. The maximum atomic E-state index is 8.82. The minimum absolute atomic E-state index is 0.505. The summed E-state index contributed by atoms with van der Waals surface area (Å²) in [6.45, 7) is 0. The average Bonchev–Trinajstić information content (AvgIpc) is 2.48. The van der Waals surface area contributed by atoms with Gasteiger partial charge in [-0.25, -0.2) is 0 Å². The summed E-state index contributed by atoms with van der Waals surface area (Å²) < 4.78 is 10.4. The van der Waals surface area contributed by atoms with Crippen LogP contribution in [0.4, 0.5) is 17.1 Å². The number of methoxy groups -OCH3 is 2. The molecule has 2 rings (SSSR count). The van der Waals surface area contributed by atoms with E-state index in [0.717, 1.165) is 11.4 Å². The van der Waals surface area contributed by atoms with Gasteiger partial charge in [0.1, 0.15) is 11.5 Å². The number of benzene rings is 2. The van der Waals surface area contributed by atoms with Gasteiger partial charge in [0.2, 0.25) is 0 Å². The molecule has 0 spiro atoms. The first-order valence-corrected chi connectivity index (χ1v) is 5.96. The zero-order chi connectivity index (χ0) is 14.5. The van der Waals surface area contributed by atoms with Crippen LogP contribution >= 0.6 is 0 Å². The van der Waals surface area contributed by atoms with Gasteiger partial charge in [0, 0.05) is 23.9 Å². The fourth-order valence-corrected chi connectivity index (χ4v) is 1.78. The van der Waals surface area contributed by atoms with Crippen LogP contribution in [0, 0.1) is 11.3 Å². The fourth-order valence-electron chi connectivity index (χ4n) is 1.78. The predicted molar refractivity (Wildman–Crippen MR) is 78.4 cm³/mol. The molecule has 0 saturated heterocycles. The minimum Gasteiger partial charge on any atom is -0.497 e. The first-order valence-electron chi connectivity index (χ1n) is 5.96. The maximum Gasteiger partial charge on any atom is 0.124 e. The van der Waals surface area contributed by atoms with Crippen molar-refractivity contribution in [3.8, 4) is 17.6 Å². The van der Waals surface area contributed by atoms with Gasteiger partial charge in [0.15, 0.2) is 0 Å². The van der Waals surface area contributed by atoms with Gasteiger partial charge in [-0.3, -0.25) is 0 Å². The molecule has 20 heavy (non-hydrogen) atoms. The lowest BCUT2D eigenvalue weighted by molar-refractivity contribution is 0.395. The van der Waals surface area contributed by atoms with Gasteiger partial charge < -0.3 is 20.5 Å². The van der Waals surface area contributed by atoms with Crippen molar-refractivity contribution in [1.82, 2.24) is 0 Å². The molecular weight excluding hydrogens is 254 g/mol. The molecule has 0 unspecified atom stereocenters. The largest absolute Gasteiger partial charge is 0.497 e. The highest BCUT2D eigenvalue weighted by molar-refractivity contribution is 5.74. The molecule has 0 aliphatic heterocycles. The summed E-state index contributed by atoms with van der Waals surface area (Å²) in [7, 11) is 3.18. The van der Waals surface area contributed by atoms with Crippen LogP contribution in [0.1, 0.15) is 5.56 Å². The SMILES string of the molecule is COc1cc(Nc2ccc(C#N)cc2N)cc(OC)c1. The van der Waals surface area contributed by atoms with Crippen LogP contribution < -0.4 is 20.5 Å². The number of nitrogens with one attached hydrogen (secondary N) is 1. The van der Waals surface area contributed by atoms with Crippen molar-refractivity contribution in [2.24, 2.45) is 0 Å². The van der Waals surface area contributed by atoms with E-state index in [-0.39, 0.29) is 0 Å². The van der Waals surface area contributed by atoms with E-state index in [9.17, 15) is 0 Å². The molecule has 2 aromatic carbocycles. The number of anilines is 3. The van der Waals surface area contributed by atoms with Crippen molar-refractivity contribution >= 4 is 17.1 Å². The molecule has 0 aliphatic carbocycles. The second-order valence-electron chi connectivity index (χ2n) is 4.14. The molecule has 0 amide bonds. The summed E-state index contributed by atoms with van der Waals surface area (Å²) in [5.41, 5.74) is 8.45. The summed E-state index contributed by atoms with van der Waals surface area (Å²) in [6.07, 6.45) is 0. The summed E-state index contributed by atoms with van der Waals surface area (Å²) in [5, 5.41) is 12.0. The van der Waals surface area contributed by atoms with E-state index in [1.165, 1.54) is 0 Å². The smallest absolute Gasteiger partial charge is 0.124 e. The van der Waals surface area contributed by atoms with Gasteiger partial charge in [-0.2, -0.15) is 5.26 Å². The van der Waals surface area contributed by atoms with Crippen LogP contribution in [0.15, 0.2) is 36.4 Å². The molecule has 0 bridgehead atoms. The van der Waals surface area contributed by atoms with Gasteiger partial charge in [0.05, 0.1) is 37.2 Å². The molecule has 2 aromatic rings. The lowest BCUT2D eigenvalue weighted by Gasteiger charge is -2.12. The highest BCUT2D eigenvalue weighted by atomic mass is 16.5. The summed E-state index contributed by atoms with van der Waals surface area (Å²) in [4.78, 5) is 0. The zero-order valence-corrected chi connectivity index (χ0v) is 11.3. The molecule has 0 radical (unpaired) electrons. The van der Waals surface area contributed by atoms with E-state index in [0.29, 0.717) is 22.7 Å². The number of nitriles is 1. The Bertz CT molecular complexity index is 640. The molecule has 0 atom stereocenters. The molecule has 0 fully saturated rings. The number of hydrogen-bond acceptors (Lipinski definition) is 5. The predicted octanol–water partition coefficient (Wildman–Crippen LogP) is 2.90. The van der Waals surface area contributed by atoms with E-state index in [1.54, 1.807) is 38.5 Å². The van der Waals surface area contributed by atoms with Crippen molar-refractivity contribution in [1.29, 1.82) is 5.26 Å². The lowest BCUT2D eigenvalue weighted by Crippen LogP contribution is -1.98. The van der Waals surface area contributed by atoms with Crippen LogP contribution in [0.25, 0.3) is 0 Å². The van der Waals surface area contributed by atoms with Crippen molar-refractivity contribution < 1.29 is 9.47 Å². The maximum absolute atomic E-state index is 8.82. The molecule has 102 valence electrons. The van der Waals surface area contributed by atoms with Gasteiger partial charge >= 0.3 is 0 Å². The Hall–Kier alpha value is -2.87. The number of nitrogens with two attached hydrogens (primary N) is 1. The summed E-state index contributed by atoms with van der Waals surface area (Å²) in [5.74, 6) is 1.36. The number of rotatable bonds is 4. The van der Waals surface area contributed by atoms with E-state index in [2.05, 4.69) is 5.32 Å². The van der Waals surface area contributed by atoms with Gasteiger partial charge in [-0.15, -0.1) is 0 Å². The number of ether oxygens (including phenoxy) is 2. The summed E-state index contributed by atoms with van der Waals surface area (Å²) >= 11 is 0. The Morgan fingerprint density at radius 1 is 1.05 bits per heavy atom. The van der Waals surface area contributed by atoms with Crippen LogP contribution in [0.3, 0.4) is 0 Å². The van der Waals surface area contributed by atoms with Crippen LogP contribution in [-0.2, 0) is 0 Å². The average molecular weight is 269 g/mol. The van der Waals surface area contributed by atoms with E-state index < -0.39 is 0 Å². The van der Waals surface area contributed by atoms with Crippen LogP contribution in [-0.4, -0.2) is 14.2 Å². The van der Waals surface area contributed by atoms with Crippen molar-refractivity contribution in [3.05, 3.63) is 42.0 Å². The van der Waals surface area contributed by atoms with E-state index in [1.807, 2.05) is 18.2 Å². The molecule has 0 heterocycles. The Morgan fingerprint density at radius 3 is 2.20 bits per heavy atom. The molecule has 3 N–H and O–H groups in total. The number of nitrogen functional groups attached to an aromatic ring is 1. The molecule has 0 saturated carbocycles. The highest BCUT2D eigenvalue weighted by Gasteiger charge is 2.05. The second kappa shape index (κ2) is 5.85. The minimum atomic E-state index is 0.505. The van der Waals surface area contributed by atoms with Gasteiger partial charge in [0.25, 0.3) is 0 Å². The van der Waals surface area contributed by atoms with Crippen LogP contribution in [0.5, 0.6) is 11.5 Å². The first kappa shape index (κ1) is 13.6. The molecule has 5 heteroatoms. The second-order valence-corrected chi connectivity index (χ2v) is 4.14. The van der Waals surface area contributed by atoms with Crippen molar-refractivity contribution in [3.63, 3.8) is 0 Å². The molecular formula is C15H15N3O2. The Kier molecular flexibility index (Phi) is 3.96. The molecule has 5 nitrogen and oxygen atoms in total. The van der Waals surface area contributed by atoms with E-state index >= 15 is 0 Å². The Balaban J connectivity index is 2.32. The van der Waals surface area contributed by atoms with Gasteiger partial charge in [-0.1, -0.05) is 0 Å². The topological polar surface area (TPSA) is 80.3 Å². The highest BCUT2D eigenvalue weighted by Crippen LogP contribution is 2.30. The lowest BCUT2D eigenvalue weighted by atomic mass is 10.2. The Morgan fingerprint density at radius 2 is 1.70 bits per heavy atom.